The maximum atomic E-state index is 10.9. The highest BCUT2D eigenvalue weighted by Crippen LogP contribution is 2.18. The van der Waals surface area contributed by atoms with Gasteiger partial charge in [0.1, 0.15) is 0 Å². The van der Waals surface area contributed by atoms with Crippen molar-refractivity contribution >= 4 is 35.1 Å². The molecule has 0 radical (unpaired) electrons. The molecule has 5 nitrogen and oxygen atoms in total. The van der Waals surface area contributed by atoms with Gasteiger partial charge in [-0.15, -0.1) is 0 Å². The number of aromatic nitrogens is 2. The molecule has 7 heteroatoms. The lowest BCUT2D eigenvalue weighted by molar-refractivity contribution is -0.119. The van der Waals surface area contributed by atoms with Gasteiger partial charge in [-0.2, -0.15) is 8.75 Å². The van der Waals surface area contributed by atoms with Crippen molar-refractivity contribution in [3.8, 4) is 0 Å². The fraction of sp³-hybridized carbons (Fsp3) is 0.571. The van der Waals surface area contributed by atoms with Gasteiger partial charge in [0, 0.05) is 19.0 Å². The molecule has 1 fully saturated rings. The Morgan fingerprint density at radius 1 is 1.64 bits per heavy atom. The first-order chi connectivity index (χ1) is 6.75. The first-order valence-corrected chi connectivity index (χ1v) is 5.38. The highest BCUT2D eigenvalue weighted by molar-refractivity contribution is 6.99. The van der Waals surface area contributed by atoms with E-state index < -0.39 is 0 Å². The van der Waals surface area contributed by atoms with Gasteiger partial charge in [0.2, 0.25) is 5.91 Å². The molecular formula is C7H9ClN4OS. The van der Waals surface area contributed by atoms with Crippen LogP contribution in [0.3, 0.4) is 0 Å². The third-order valence-electron chi connectivity index (χ3n) is 2.05. The van der Waals surface area contributed by atoms with Gasteiger partial charge in [0.05, 0.1) is 11.7 Å². The normalized spacial score (nSPS) is 20.9. The summed E-state index contributed by atoms with van der Waals surface area (Å²) in [4.78, 5) is 10.9. The first kappa shape index (κ1) is 9.67. The van der Waals surface area contributed by atoms with Crippen LogP contribution in [0.25, 0.3) is 0 Å². The monoisotopic (exact) mass is 232 g/mol. The van der Waals surface area contributed by atoms with Crippen molar-refractivity contribution in [2.75, 3.05) is 11.9 Å². The van der Waals surface area contributed by atoms with Gasteiger partial charge in [0.15, 0.2) is 11.0 Å². The summed E-state index contributed by atoms with van der Waals surface area (Å²) in [5.74, 6) is 0.706. The summed E-state index contributed by atoms with van der Waals surface area (Å²) in [6.45, 7) is 0.650. The number of carbonyl (C=O) groups is 1. The van der Waals surface area contributed by atoms with Gasteiger partial charge in [-0.3, -0.25) is 4.79 Å². The number of nitrogens with zero attached hydrogens (tertiary/aromatic N) is 2. The summed E-state index contributed by atoms with van der Waals surface area (Å²) in [5.41, 5.74) is 0. The number of nitrogens with one attached hydrogen (secondary N) is 2. The molecule has 76 valence electrons. The summed E-state index contributed by atoms with van der Waals surface area (Å²) in [6, 6.07) is 0.181. The van der Waals surface area contributed by atoms with E-state index in [1.54, 1.807) is 0 Å². The van der Waals surface area contributed by atoms with E-state index in [0.717, 1.165) is 18.1 Å². The van der Waals surface area contributed by atoms with Gasteiger partial charge in [-0.25, -0.2) is 0 Å². The van der Waals surface area contributed by atoms with E-state index in [-0.39, 0.29) is 11.9 Å². The maximum Gasteiger partial charge on any atom is 0.220 e. The molecule has 0 aromatic carbocycles. The highest BCUT2D eigenvalue weighted by atomic mass is 35.5. The second-order valence-corrected chi connectivity index (χ2v) is 3.97. The molecule has 1 aromatic heterocycles. The minimum Gasteiger partial charge on any atom is -0.365 e. The summed E-state index contributed by atoms with van der Waals surface area (Å²) in [7, 11) is 0. The number of amides is 1. The Labute approximate surface area is 90.2 Å². The van der Waals surface area contributed by atoms with E-state index in [0.29, 0.717) is 23.9 Å². The minimum absolute atomic E-state index is 0.110. The van der Waals surface area contributed by atoms with Crippen molar-refractivity contribution in [2.24, 2.45) is 0 Å². The van der Waals surface area contributed by atoms with E-state index in [9.17, 15) is 4.79 Å². The average Bonchev–Trinajstić information content (AvgIpc) is 2.72. The van der Waals surface area contributed by atoms with Crippen LogP contribution in [0.15, 0.2) is 0 Å². The van der Waals surface area contributed by atoms with Crippen LogP contribution < -0.4 is 10.6 Å². The highest BCUT2D eigenvalue weighted by Gasteiger charge is 2.20. The Hall–Kier alpha value is -0.880. The van der Waals surface area contributed by atoms with E-state index in [4.69, 9.17) is 11.6 Å². The smallest absolute Gasteiger partial charge is 0.220 e. The Balaban J connectivity index is 1.83. The Kier molecular flexibility index (Phi) is 2.83. The standard InChI is InChI=1S/C7H9ClN4OS/c8-6-7(12-14-11-6)9-3-4-1-2-5(13)10-4/h4H,1-3H2,(H,9,12)(H,10,13). The molecule has 1 aromatic rings. The van der Waals surface area contributed by atoms with E-state index in [1.165, 1.54) is 0 Å². The zero-order valence-electron chi connectivity index (χ0n) is 7.29. The predicted molar refractivity (Wildman–Crippen MR) is 54.6 cm³/mol. The summed E-state index contributed by atoms with van der Waals surface area (Å²) >= 11 is 6.81. The largest absolute Gasteiger partial charge is 0.365 e. The molecule has 14 heavy (non-hydrogen) atoms. The van der Waals surface area contributed by atoms with Crippen LogP contribution in [0.1, 0.15) is 12.8 Å². The van der Waals surface area contributed by atoms with Crippen molar-refractivity contribution in [2.45, 2.75) is 18.9 Å². The topological polar surface area (TPSA) is 66.9 Å². The maximum absolute atomic E-state index is 10.9. The van der Waals surface area contributed by atoms with E-state index >= 15 is 0 Å². The zero-order chi connectivity index (χ0) is 9.97. The quantitative estimate of drug-likeness (QED) is 0.812. The van der Waals surface area contributed by atoms with Gasteiger partial charge >= 0.3 is 0 Å². The Bertz CT molecular complexity index is 342. The van der Waals surface area contributed by atoms with Crippen LogP contribution in [-0.4, -0.2) is 27.2 Å². The zero-order valence-corrected chi connectivity index (χ0v) is 8.86. The van der Waals surface area contributed by atoms with Crippen molar-refractivity contribution < 1.29 is 4.79 Å². The number of carbonyl (C=O) groups excluding carboxylic acids is 1. The molecule has 1 amide bonds. The molecule has 1 unspecified atom stereocenters. The average molecular weight is 233 g/mol. The second-order valence-electron chi connectivity index (χ2n) is 3.09. The number of rotatable bonds is 3. The third kappa shape index (κ3) is 2.13. The van der Waals surface area contributed by atoms with Crippen molar-refractivity contribution in [1.29, 1.82) is 0 Å². The second kappa shape index (κ2) is 4.10. The Morgan fingerprint density at radius 2 is 2.50 bits per heavy atom. The van der Waals surface area contributed by atoms with Crippen molar-refractivity contribution in [3.05, 3.63) is 5.15 Å². The van der Waals surface area contributed by atoms with Crippen LogP contribution in [0.4, 0.5) is 5.82 Å². The van der Waals surface area contributed by atoms with Gasteiger partial charge in [-0.1, -0.05) is 11.6 Å². The molecule has 0 saturated carbocycles. The fourth-order valence-electron chi connectivity index (χ4n) is 1.33. The van der Waals surface area contributed by atoms with E-state index in [2.05, 4.69) is 19.4 Å². The summed E-state index contributed by atoms with van der Waals surface area (Å²) < 4.78 is 7.79. The first-order valence-electron chi connectivity index (χ1n) is 4.27. The van der Waals surface area contributed by atoms with Crippen LogP contribution in [0.2, 0.25) is 5.15 Å². The SMILES string of the molecule is O=C1CCC(CNc2nsnc2Cl)N1. The van der Waals surface area contributed by atoms with Gasteiger partial charge < -0.3 is 10.6 Å². The number of halogens is 1. The molecule has 0 bridgehead atoms. The fourth-order valence-corrected chi connectivity index (χ4v) is 2.02. The van der Waals surface area contributed by atoms with Crippen molar-refractivity contribution in [3.63, 3.8) is 0 Å². The predicted octanol–water partition coefficient (Wildman–Crippen LogP) is 0.882. The number of anilines is 1. The third-order valence-corrected chi connectivity index (χ3v) is 2.94. The van der Waals surface area contributed by atoms with Crippen LogP contribution in [0.5, 0.6) is 0 Å². The molecule has 0 spiro atoms. The minimum atomic E-state index is 0.110. The lowest BCUT2D eigenvalue weighted by Crippen LogP contribution is -2.31. The van der Waals surface area contributed by atoms with Crippen LogP contribution in [0, 0.1) is 0 Å². The van der Waals surface area contributed by atoms with Crippen LogP contribution in [-0.2, 0) is 4.79 Å². The van der Waals surface area contributed by atoms with Gasteiger partial charge in [-0.05, 0) is 6.42 Å². The van der Waals surface area contributed by atoms with Crippen molar-refractivity contribution in [1.82, 2.24) is 14.1 Å². The molecule has 1 atom stereocenters. The molecule has 2 heterocycles. The molecule has 0 aliphatic carbocycles. The van der Waals surface area contributed by atoms with Gasteiger partial charge in [0.25, 0.3) is 0 Å². The molecule has 1 aliphatic heterocycles. The number of hydrogen-bond acceptors (Lipinski definition) is 5. The molecular weight excluding hydrogens is 224 g/mol. The summed E-state index contributed by atoms with van der Waals surface area (Å²) in [6.07, 6.45) is 1.47. The van der Waals surface area contributed by atoms with Crippen LogP contribution >= 0.6 is 23.3 Å². The molecule has 1 aliphatic rings. The van der Waals surface area contributed by atoms with E-state index in [1.807, 2.05) is 0 Å². The summed E-state index contributed by atoms with van der Waals surface area (Å²) in [5, 5.41) is 6.28. The Morgan fingerprint density at radius 3 is 3.07 bits per heavy atom. The molecule has 2 rings (SSSR count). The number of hydrogen-bond donors (Lipinski definition) is 2. The lowest BCUT2D eigenvalue weighted by atomic mass is 10.2. The lowest BCUT2D eigenvalue weighted by Gasteiger charge is -2.09. The molecule has 1 saturated heterocycles. The molecule has 2 N–H and O–H groups in total.